The van der Waals surface area contributed by atoms with Crippen LogP contribution < -0.4 is 5.73 Å². The number of nitrogens with two attached hydrogens (primary N) is 1. The molecule has 15 heavy (non-hydrogen) atoms. The highest BCUT2D eigenvalue weighted by atomic mass is 16.3. The van der Waals surface area contributed by atoms with Gasteiger partial charge in [-0.2, -0.15) is 4.98 Å². The monoisotopic (exact) mass is 205 g/mol. The molecule has 2 aromatic rings. The maximum Gasteiger partial charge on any atom is 0.214 e. The van der Waals surface area contributed by atoms with Gasteiger partial charge >= 0.3 is 0 Å². The minimum atomic E-state index is -0.149. The van der Waals surface area contributed by atoms with E-state index in [1.54, 1.807) is 6.20 Å². The van der Waals surface area contributed by atoms with E-state index in [0.717, 1.165) is 6.42 Å². The van der Waals surface area contributed by atoms with Gasteiger partial charge in [0.15, 0.2) is 11.2 Å². The first kappa shape index (κ1) is 10.1. The lowest BCUT2D eigenvalue weighted by Gasteiger charge is -2.13. The first-order valence-corrected chi connectivity index (χ1v) is 5.19. The predicted octanol–water partition coefficient (Wildman–Crippen LogP) is 2.27. The van der Waals surface area contributed by atoms with Gasteiger partial charge in [0.1, 0.15) is 0 Å². The zero-order valence-corrected chi connectivity index (χ0v) is 8.97. The van der Waals surface area contributed by atoms with Crippen LogP contribution in [0.5, 0.6) is 0 Å². The van der Waals surface area contributed by atoms with Crippen LogP contribution in [0.15, 0.2) is 22.7 Å². The number of pyridine rings is 1. The molecule has 4 nitrogen and oxygen atoms in total. The van der Waals surface area contributed by atoms with Crippen molar-refractivity contribution in [3.05, 3.63) is 24.2 Å². The zero-order valence-electron chi connectivity index (χ0n) is 8.97. The third-order valence-electron chi connectivity index (χ3n) is 2.72. The molecule has 2 unspecified atom stereocenters. The fraction of sp³-hybridized carbons (Fsp3) is 0.455. The summed E-state index contributed by atoms with van der Waals surface area (Å²) in [6.45, 7) is 4.19. The van der Waals surface area contributed by atoms with E-state index >= 15 is 0 Å². The van der Waals surface area contributed by atoms with E-state index < -0.39 is 0 Å². The highest BCUT2D eigenvalue weighted by Gasteiger charge is 2.19. The van der Waals surface area contributed by atoms with Crippen molar-refractivity contribution < 1.29 is 4.42 Å². The molecule has 0 radical (unpaired) electrons. The van der Waals surface area contributed by atoms with E-state index in [2.05, 4.69) is 23.8 Å². The van der Waals surface area contributed by atoms with E-state index in [1.165, 1.54) is 0 Å². The quantitative estimate of drug-likeness (QED) is 0.834. The van der Waals surface area contributed by atoms with Crippen molar-refractivity contribution in [2.24, 2.45) is 11.7 Å². The second-order valence-corrected chi connectivity index (χ2v) is 3.79. The maximum atomic E-state index is 6.03. The van der Waals surface area contributed by atoms with Crippen molar-refractivity contribution in [1.82, 2.24) is 9.97 Å². The Morgan fingerprint density at radius 3 is 3.00 bits per heavy atom. The number of rotatable bonds is 3. The van der Waals surface area contributed by atoms with Crippen molar-refractivity contribution in [3.8, 4) is 0 Å². The summed E-state index contributed by atoms with van der Waals surface area (Å²) in [6.07, 6.45) is 2.71. The first-order chi connectivity index (χ1) is 7.22. The Labute approximate surface area is 88.5 Å². The van der Waals surface area contributed by atoms with E-state index in [4.69, 9.17) is 10.2 Å². The van der Waals surface area contributed by atoms with E-state index in [-0.39, 0.29) is 6.04 Å². The largest absolute Gasteiger partial charge is 0.437 e. The summed E-state index contributed by atoms with van der Waals surface area (Å²) in [7, 11) is 0. The fourth-order valence-electron chi connectivity index (χ4n) is 1.43. The molecule has 2 rings (SSSR count). The van der Waals surface area contributed by atoms with Gasteiger partial charge in [-0.05, 0) is 18.1 Å². The fourth-order valence-corrected chi connectivity index (χ4v) is 1.43. The highest BCUT2D eigenvalue weighted by molar-refractivity contribution is 5.66. The number of fused-ring (bicyclic) bond motifs is 1. The summed E-state index contributed by atoms with van der Waals surface area (Å²) in [6, 6.07) is 3.53. The van der Waals surface area contributed by atoms with Crippen LogP contribution in [0.1, 0.15) is 32.2 Å². The van der Waals surface area contributed by atoms with Crippen LogP contribution in [-0.4, -0.2) is 9.97 Å². The average Bonchev–Trinajstić information content (AvgIpc) is 2.70. The Balaban J connectivity index is 2.36. The summed E-state index contributed by atoms with van der Waals surface area (Å²) in [5.74, 6) is 0.941. The SMILES string of the molecule is CCC(C)C(N)c1nc2ncccc2o1. The van der Waals surface area contributed by atoms with Crippen LogP contribution in [0.4, 0.5) is 0 Å². The lowest BCUT2D eigenvalue weighted by atomic mass is 10.0. The van der Waals surface area contributed by atoms with Crippen LogP contribution in [0.3, 0.4) is 0 Å². The number of aromatic nitrogens is 2. The van der Waals surface area contributed by atoms with Gasteiger partial charge in [-0.3, -0.25) is 0 Å². The molecule has 80 valence electrons. The van der Waals surface area contributed by atoms with Crippen LogP contribution >= 0.6 is 0 Å². The van der Waals surface area contributed by atoms with Crippen LogP contribution in [0.25, 0.3) is 11.2 Å². The molecule has 0 saturated carbocycles. The van der Waals surface area contributed by atoms with Crippen LogP contribution in [0, 0.1) is 5.92 Å². The Morgan fingerprint density at radius 2 is 2.33 bits per heavy atom. The molecule has 2 N–H and O–H groups in total. The van der Waals surface area contributed by atoms with Crippen molar-refractivity contribution in [3.63, 3.8) is 0 Å². The van der Waals surface area contributed by atoms with Gasteiger partial charge in [-0.25, -0.2) is 4.98 Å². The molecular formula is C11H15N3O. The maximum absolute atomic E-state index is 6.03. The van der Waals surface area contributed by atoms with Gasteiger partial charge in [-0.1, -0.05) is 20.3 Å². The molecule has 0 aromatic carbocycles. The lowest BCUT2D eigenvalue weighted by molar-refractivity contribution is 0.375. The molecule has 0 bridgehead atoms. The van der Waals surface area contributed by atoms with Crippen LogP contribution in [-0.2, 0) is 0 Å². The Kier molecular flexibility index (Phi) is 2.68. The summed E-state index contributed by atoms with van der Waals surface area (Å²) >= 11 is 0. The topological polar surface area (TPSA) is 64.9 Å². The Hall–Kier alpha value is -1.42. The lowest BCUT2D eigenvalue weighted by Crippen LogP contribution is -2.18. The van der Waals surface area contributed by atoms with Gasteiger partial charge in [0.2, 0.25) is 5.89 Å². The third kappa shape index (κ3) is 1.85. The molecule has 2 heterocycles. The normalized spacial score (nSPS) is 15.4. The molecule has 0 aliphatic heterocycles. The highest BCUT2D eigenvalue weighted by Crippen LogP contribution is 2.23. The molecule has 0 aliphatic carbocycles. The molecule has 4 heteroatoms. The predicted molar refractivity (Wildman–Crippen MR) is 58.2 cm³/mol. The summed E-state index contributed by atoms with van der Waals surface area (Å²) in [5.41, 5.74) is 7.36. The molecule has 0 saturated heterocycles. The summed E-state index contributed by atoms with van der Waals surface area (Å²) in [4.78, 5) is 8.39. The van der Waals surface area contributed by atoms with E-state index in [9.17, 15) is 0 Å². The molecule has 0 aliphatic rings. The van der Waals surface area contributed by atoms with Gasteiger partial charge < -0.3 is 10.2 Å². The molecule has 2 aromatic heterocycles. The first-order valence-electron chi connectivity index (χ1n) is 5.19. The summed E-state index contributed by atoms with van der Waals surface area (Å²) in [5, 5.41) is 0. The summed E-state index contributed by atoms with van der Waals surface area (Å²) < 4.78 is 5.55. The van der Waals surface area contributed by atoms with Gasteiger partial charge in [-0.15, -0.1) is 0 Å². The van der Waals surface area contributed by atoms with Crippen molar-refractivity contribution in [2.45, 2.75) is 26.3 Å². The van der Waals surface area contributed by atoms with Crippen molar-refractivity contribution >= 4 is 11.2 Å². The number of nitrogens with zero attached hydrogens (tertiary/aromatic N) is 2. The van der Waals surface area contributed by atoms with Gasteiger partial charge in [0.05, 0.1) is 6.04 Å². The zero-order chi connectivity index (χ0) is 10.8. The molecule has 2 atom stereocenters. The molecule has 0 amide bonds. The standard InChI is InChI=1S/C11H15N3O/c1-3-7(2)9(12)11-14-10-8(15-11)5-4-6-13-10/h4-7,9H,3,12H2,1-2H3. The molecule has 0 fully saturated rings. The van der Waals surface area contributed by atoms with Gasteiger partial charge in [0, 0.05) is 6.20 Å². The number of hydrogen-bond acceptors (Lipinski definition) is 4. The third-order valence-corrected chi connectivity index (χ3v) is 2.72. The minimum Gasteiger partial charge on any atom is -0.437 e. The second-order valence-electron chi connectivity index (χ2n) is 3.79. The minimum absolute atomic E-state index is 0.149. The van der Waals surface area contributed by atoms with Crippen molar-refractivity contribution in [1.29, 1.82) is 0 Å². The number of hydrogen-bond donors (Lipinski definition) is 1. The smallest absolute Gasteiger partial charge is 0.214 e. The average molecular weight is 205 g/mol. The second kappa shape index (κ2) is 3.98. The van der Waals surface area contributed by atoms with E-state index in [1.807, 2.05) is 12.1 Å². The number of oxazole rings is 1. The van der Waals surface area contributed by atoms with Crippen molar-refractivity contribution in [2.75, 3.05) is 0 Å². The Bertz CT molecular complexity index is 419. The van der Waals surface area contributed by atoms with E-state index in [0.29, 0.717) is 23.0 Å². The molecular weight excluding hydrogens is 190 g/mol. The van der Waals surface area contributed by atoms with Gasteiger partial charge in [0.25, 0.3) is 0 Å². The molecule has 0 spiro atoms. The van der Waals surface area contributed by atoms with Crippen LogP contribution in [0.2, 0.25) is 0 Å². The Morgan fingerprint density at radius 1 is 1.53 bits per heavy atom.